The Morgan fingerprint density at radius 3 is 2.33 bits per heavy atom. The Kier molecular flexibility index (Phi) is 10.1. The minimum atomic E-state index is -0.662. The summed E-state index contributed by atoms with van der Waals surface area (Å²) < 4.78 is 6.86. The Hall–Kier alpha value is -3.12. The number of rotatable bonds is 10. The highest BCUT2D eigenvalue weighted by atomic mass is 79.9. The fourth-order valence-electron chi connectivity index (χ4n) is 5.20. The molecule has 40 heavy (non-hydrogen) atoms. The number of halogens is 1. The number of carbonyl (C=O) groups is 2. The summed E-state index contributed by atoms with van der Waals surface area (Å²) in [5.74, 6) is 0.276. The van der Waals surface area contributed by atoms with Gasteiger partial charge in [-0.25, -0.2) is 0 Å². The molecule has 3 aromatic carbocycles. The molecule has 1 N–H and O–H groups in total. The molecular weight excluding hydrogens is 564 g/mol. The van der Waals surface area contributed by atoms with E-state index in [0.29, 0.717) is 18.7 Å². The number of hydrogen-bond acceptors (Lipinski definition) is 3. The van der Waals surface area contributed by atoms with Gasteiger partial charge in [0.2, 0.25) is 5.91 Å². The van der Waals surface area contributed by atoms with E-state index in [9.17, 15) is 9.59 Å². The van der Waals surface area contributed by atoms with E-state index in [1.54, 1.807) is 4.90 Å². The van der Waals surface area contributed by atoms with Crippen molar-refractivity contribution in [3.63, 3.8) is 0 Å². The molecule has 3 aromatic rings. The van der Waals surface area contributed by atoms with Crippen LogP contribution >= 0.6 is 15.9 Å². The summed E-state index contributed by atoms with van der Waals surface area (Å²) in [7, 11) is 0. The quantitative estimate of drug-likeness (QED) is 0.268. The molecule has 6 heteroatoms. The number of hydrogen-bond donors (Lipinski definition) is 1. The van der Waals surface area contributed by atoms with Gasteiger partial charge in [-0.05, 0) is 75.5 Å². The van der Waals surface area contributed by atoms with Crippen LogP contribution in [0.4, 0.5) is 0 Å². The van der Waals surface area contributed by atoms with E-state index < -0.39 is 6.04 Å². The first kappa shape index (κ1) is 29.9. The molecule has 0 bridgehead atoms. The number of benzene rings is 3. The van der Waals surface area contributed by atoms with E-state index in [-0.39, 0.29) is 29.9 Å². The standard InChI is InChI=1S/C34H41BrN2O3/c1-24-12-8-9-15-26(24)22-37(32(38)23-40-31-19-18-27(21-29(31)35)34(2,3)4)30(20-25-13-6-5-7-14-25)33(39)36-28-16-10-11-17-28/h5-9,12-15,18-19,21,28,30H,10-11,16-17,20,22-23H2,1-4H3,(H,36,39). The Balaban J connectivity index is 1.62. The van der Waals surface area contributed by atoms with Gasteiger partial charge < -0.3 is 15.0 Å². The van der Waals surface area contributed by atoms with Crippen molar-refractivity contribution in [2.75, 3.05) is 6.61 Å². The van der Waals surface area contributed by atoms with Crippen LogP contribution in [0, 0.1) is 6.92 Å². The molecule has 0 heterocycles. The molecule has 5 nitrogen and oxygen atoms in total. The van der Waals surface area contributed by atoms with Gasteiger partial charge in [0.15, 0.2) is 6.61 Å². The van der Waals surface area contributed by atoms with Crippen molar-refractivity contribution in [1.29, 1.82) is 0 Å². The van der Waals surface area contributed by atoms with Crippen molar-refractivity contribution in [3.05, 3.63) is 99.5 Å². The van der Waals surface area contributed by atoms with Gasteiger partial charge in [0.25, 0.3) is 5.91 Å². The largest absolute Gasteiger partial charge is 0.483 e. The molecule has 0 radical (unpaired) electrons. The van der Waals surface area contributed by atoms with Crippen LogP contribution in [0.25, 0.3) is 0 Å². The van der Waals surface area contributed by atoms with E-state index in [1.807, 2.05) is 79.7 Å². The molecular formula is C34H41BrN2O3. The van der Waals surface area contributed by atoms with Crippen LogP contribution in [0.1, 0.15) is 68.7 Å². The highest BCUT2D eigenvalue weighted by molar-refractivity contribution is 9.10. The fraction of sp³-hybridized carbons (Fsp3) is 0.412. The molecule has 0 aromatic heterocycles. The van der Waals surface area contributed by atoms with E-state index in [4.69, 9.17) is 4.74 Å². The molecule has 1 saturated carbocycles. The summed E-state index contributed by atoms with van der Waals surface area (Å²) in [5.41, 5.74) is 4.27. The van der Waals surface area contributed by atoms with Crippen LogP contribution < -0.4 is 10.1 Å². The molecule has 0 spiro atoms. The summed E-state index contributed by atoms with van der Waals surface area (Å²) in [6.45, 7) is 8.67. The predicted octanol–water partition coefficient (Wildman–Crippen LogP) is 7.13. The number of ether oxygens (including phenoxy) is 1. The smallest absolute Gasteiger partial charge is 0.261 e. The van der Waals surface area contributed by atoms with Crippen molar-refractivity contribution in [2.24, 2.45) is 0 Å². The Morgan fingerprint density at radius 2 is 1.68 bits per heavy atom. The molecule has 1 unspecified atom stereocenters. The van der Waals surface area contributed by atoms with Gasteiger partial charge >= 0.3 is 0 Å². The van der Waals surface area contributed by atoms with Gasteiger partial charge in [-0.1, -0.05) is 94.3 Å². The minimum Gasteiger partial charge on any atom is -0.483 e. The molecule has 1 aliphatic carbocycles. The Bertz CT molecular complexity index is 1300. The third-order valence-electron chi connectivity index (χ3n) is 7.72. The van der Waals surface area contributed by atoms with Crippen molar-refractivity contribution in [2.45, 2.75) is 83.8 Å². The van der Waals surface area contributed by atoms with E-state index in [2.05, 4.69) is 42.0 Å². The molecule has 212 valence electrons. The molecule has 1 fully saturated rings. The highest BCUT2D eigenvalue weighted by Crippen LogP contribution is 2.31. The van der Waals surface area contributed by atoms with Gasteiger partial charge in [-0.15, -0.1) is 0 Å². The van der Waals surface area contributed by atoms with Gasteiger partial charge in [0.1, 0.15) is 11.8 Å². The lowest BCUT2D eigenvalue weighted by Gasteiger charge is -2.32. The maximum absolute atomic E-state index is 13.9. The molecule has 4 rings (SSSR count). The number of amides is 2. The normalized spacial score (nSPS) is 14.5. The molecule has 0 aliphatic heterocycles. The lowest BCUT2D eigenvalue weighted by Crippen LogP contribution is -2.53. The van der Waals surface area contributed by atoms with Gasteiger partial charge in [-0.3, -0.25) is 9.59 Å². The topological polar surface area (TPSA) is 58.6 Å². The zero-order valence-electron chi connectivity index (χ0n) is 24.1. The number of aryl methyl sites for hydroxylation is 1. The second-order valence-electron chi connectivity index (χ2n) is 11.8. The van der Waals surface area contributed by atoms with Crippen molar-refractivity contribution >= 4 is 27.7 Å². The summed E-state index contributed by atoms with van der Waals surface area (Å²) in [5, 5.41) is 3.26. The lowest BCUT2D eigenvalue weighted by atomic mass is 9.87. The number of carbonyl (C=O) groups excluding carboxylic acids is 2. The SMILES string of the molecule is Cc1ccccc1CN(C(=O)COc1ccc(C(C)(C)C)cc1Br)C(Cc1ccccc1)C(=O)NC1CCCC1. The van der Waals surface area contributed by atoms with Gasteiger partial charge in [-0.2, -0.15) is 0 Å². The number of nitrogens with zero attached hydrogens (tertiary/aromatic N) is 1. The molecule has 2 amide bonds. The zero-order valence-corrected chi connectivity index (χ0v) is 25.7. The van der Waals surface area contributed by atoms with Crippen LogP contribution in [-0.2, 0) is 28.0 Å². The van der Waals surface area contributed by atoms with Crippen LogP contribution in [0.3, 0.4) is 0 Å². The Labute approximate surface area is 247 Å². The van der Waals surface area contributed by atoms with Crippen molar-refractivity contribution < 1.29 is 14.3 Å². The van der Waals surface area contributed by atoms with E-state index in [1.165, 1.54) is 5.56 Å². The molecule has 0 saturated heterocycles. The van der Waals surface area contributed by atoms with Gasteiger partial charge in [0, 0.05) is 19.0 Å². The van der Waals surface area contributed by atoms with Crippen LogP contribution in [-0.4, -0.2) is 35.4 Å². The summed E-state index contributed by atoms with van der Waals surface area (Å²) >= 11 is 3.62. The zero-order chi connectivity index (χ0) is 28.7. The third-order valence-corrected chi connectivity index (χ3v) is 8.34. The lowest BCUT2D eigenvalue weighted by molar-refractivity contribution is -0.143. The number of nitrogens with one attached hydrogen (secondary N) is 1. The monoisotopic (exact) mass is 604 g/mol. The van der Waals surface area contributed by atoms with Gasteiger partial charge in [0.05, 0.1) is 4.47 Å². The first-order chi connectivity index (χ1) is 19.1. The summed E-state index contributed by atoms with van der Waals surface area (Å²) in [6, 6.07) is 23.4. The highest BCUT2D eigenvalue weighted by Gasteiger charge is 2.32. The van der Waals surface area contributed by atoms with Crippen molar-refractivity contribution in [3.8, 4) is 5.75 Å². The average molecular weight is 606 g/mol. The third kappa shape index (κ3) is 7.97. The second kappa shape index (κ2) is 13.5. The minimum absolute atomic E-state index is 0.00144. The molecule has 1 aliphatic rings. The van der Waals surface area contributed by atoms with Crippen LogP contribution in [0.5, 0.6) is 5.75 Å². The average Bonchev–Trinajstić information content (AvgIpc) is 3.43. The Morgan fingerprint density at radius 1 is 1.00 bits per heavy atom. The first-order valence-corrected chi connectivity index (χ1v) is 15.0. The van der Waals surface area contributed by atoms with E-state index in [0.717, 1.165) is 46.8 Å². The van der Waals surface area contributed by atoms with E-state index >= 15 is 0 Å². The van der Waals surface area contributed by atoms with Crippen LogP contribution in [0.2, 0.25) is 0 Å². The first-order valence-electron chi connectivity index (χ1n) is 14.2. The predicted molar refractivity (Wildman–Crippen MR) is 164 cm³/mol. The van der Waals surface area contributed by atoms with Crippen LogP contribution in [0.15, 0.2) is 77.3 Å². The maximum atomic E-state index is 13.9. The maximum Gasteiger partial charge on any atom is 0.261 e. The second-order valence-corrected chi connectivity index (χ2v) is 12.7. The molecule has 1 atom stereocenters. The summed E-state index contributed by atoms with van der Waals surface area (Å²) in [4.78, 5) is 29.5. The summed E-state index contributed by atoms with van der Waals surface area (Å²) in [6.07, 6.45) is 4.64. The fourth-order valence-corrected chi connectivity index (χ4v) is 5.69. The van der Waals surface area contributed by atoms with Crippen molar-refractivity contribution in [1.82, 2.24) is 10.2 Å².